The predicted octanol–water partition coefficient (Wildman–Crippen LogP) is 2.99. The molecule has 0 bridgehead atoms. The lowest BCUT2D eigenvalue weighted by Crippen LogP contribution is -2.05. The van der Waals surface area contributed by atoms with E-state index in [0.717, 1.165) is 54.1 Å². The van der Waals surface area contributed by atoms with Crippen LogP contribution in [0.4, 0.5) is 5.95 Å². The van der Waals surface area contributed by atoms with Gasteiger partial charge < -0.3 is 14.9 Å². The van der Waals surface area contributed by atoms with Crippen LogP contribution in [0.3, 0.4) is 0 Å². The molecule has 5 rings (SSSR count). The third-order valence-electron chi connectivity index (χ3n) is 4.78. The van der Waals surface area contributed by atoms with E-state index in [2.05, 4.69) is 37.0 Å². The Kier molecular flexibility index (Phi) is 3.53. The summed E-state index contributed by atoms with van der Waals surface area (Å²) in [6.45, 7) is 0. The number of aryl methyl sites for hydroxylation is 3. The summed E-state index contributed by atoms with van der Waals surface area (Å²) < 4.78 is 4.21. The van der Waals surface area contributed by atoms with E-state index in [1.54, 1.807) is 17.7 Å². The molecule has 0 saturated heterocycles. The van der Waals surface area contributed by atoms with Crippen molar-refractivity contribution in [3.05, 3.63) is 40.6 Å². The van der Waals surface area contributed by atoms with Crippen molar-refractivity contribution in [3.63, 3.8) is 0 Å². The summed E-state index contributed by atoms with van der Waals surface area (Å²) in [6, 6.07) is 4.66. The number of thiophene rings is 1. The number of nitrogens with zero attached hydrogens (tertiary/aromatic N) is 6. The standard InChI is InChI=1S/C18H19N7S/c1-24-10-20-9-14(24)16-22-15-13(7-6-12-3-2-8-26-12)21-18(19)23-17(15)25(16)11-4-5-11/h2-3,8-11H,4-7H2,1H3,(H2,19,21,23). The molecule has 1 aliphatic rings. The van der Waals surface area contributed by atoms with Gasteiger partial charge >= 0.3 is 0 Å². The van der Waals surface area contributed by atoms with Crippen molar-refractivity contribution in [3.8, 4) is 11.5 Å². The van der Waals surface area contributed by atoms with Crippen LogP contribution in [0.25, 0.3) is 22.7 Å². The van der Waals surface area contributed by atoms with E-state index in [9.17, 15) is 0 Å². The number of nitrogens with two attached hydrogens (primary N) is 1. The first kappa shape index (κ1) is 15.5. The summed E-state index contributed by atoms with van der Waals surface area (Å²) in [4.78, 5) is 19.6. The van der Waals surface area contributed by atoms with Gasteiger partial charge in [0, 0.05) is 18.0 Å². The van der Waals surface area contributed by atoms with Crippen LogP contribution in [-0.2, 0) is 19.9 Å². The molecular weight excluding hydrogens is 346 g/mol. The summed E-state index contributed by atoms with van der Waals surface area (Å²) in [6.07, 6.45) is 7.66. The molecule has 1 aliphatic carbocycles. The van der Waals surface area contributed by atoms with E-state index in [0.29, 0.717) is 12.0 Å². The number of anilines is 1. The van der Waals surface area contributed by atoms with Crippen molar-refractivity contribution in [2.24, 2.45) is 7.05 Å². The number of imidazole rings is 2. The van der Waals surface area contributed by atoms with Gasteiger partial charge in [0.2, 0.25) is 5.95 Å². The highest BCUT2D eigenvalue weighted by Crippen LogP contribution is 2.41. The van der Waals surface area contributed by atoms with Crippen LogP contribution in [-0.4, -0.2) is 29.1 Å². The fraction of sp³-hybridized carbons (Fsp3) is 0.333. The topological polar surface area (TPSA) is 87.4 Å². The lowest BCUT2D eigenvalue weighted by Gasteiger charge is -2.07. The molecule has 1 fully saturated rings. The number of hydrogen-bond donors (Lipinski definition) is 1. The first-order chi connectivity index (χ1) is 12.7. The average Bonchev–Trinajstić information content (AvgIpc) is 3.03. The third-order valence-corrected chi connectivity index (χ3v) is 5.71. The van der Waals surface area contributed by atoms with Gasteiger partial charge in [-0.05, 0) is 37.1 Å². The summed E-state index contributed by atoms with van der Waals surface area (Å²) >= 11 is 1.76. The summed E-state index contributed by atoms with van der Waals surface area (Å²) in [5, 5.41) is 2.10. The second-order valence-corrected chi connectivity index (χ2v) is 7.74. The van der Waals surface area contributed by atoms with Crippen molar-refractivity contribution >= 4 is 28.4 Å². The Morgan fingerprint density at radius 2 is 2.12 bits per heavy atom. The SMILES string of the molecule is Cn1cncc1-c1nc2c(CCc3cccs3)nc(N)nc2n1C1CC1. The molecule has 4 heterocycles. The van der Waals surface area contributed by atoms with Gasteiger partial charge in [-0.1, -0.05) is 6.07 Å². The van der Waals surface area contributed by atoms with Gasteiger partial charge in [-0.25, -0.2) is 15.0 Å². The molecule has 0 aromatic carbocycles. The maximum absolute atomic E-state index is 6.04. The lowest BCUT2D eigenvalue weighted by molar-refractivity contribution is 0.755. The smallest absolute Gasteiger partial charge is 0.222 e. The number of nitrogen functional groups attached to an aromatic ring is 1. The van der Waals surface area contributed by atoms with E-state index < -0.39 is 0 Å². The van der Waals surface area contributed by atoms with Crippen LogP contribution in [0, 0.1) is 0 Å². The molecule has 1 saturated carbocycles. The minimum absolute atomic E-state index is 0.317. The van der Waals surface area contributed by atoms with E-state index in [1.807, 2.05) is 17.8 Å². The Hall–Kier alpha value is -2.74. The monoisotopic (exact) mass is 365 g/mol. The predicted molar refractivity (Wildman–Crippen MR) is 102 cm³/mol. The van der Waals surface area contributed by atoms with Crippen LogP contribution in [0.1, 0.15) is 29.5 Å². The summed E-state index contributed by atoms with van der Waals surface area (Å²) in [5.41, 5.74) is 9.65. The highest BCUT2D eigenvalue weighted by atomic mass is 32.1. The molecule has 0 aliphatic heterocycles. The second kappa shape index (κ2) is 5.91. The molecule has 0 atom stereocenters. The number of fused-ring (bicyclic) bond motifs is 1. The van der Waals surface area contributed by atoms with Gasteiger partial charge in [0.05, 0.1) is 18.2 Å². The van der Waals surface area contributed by atoms with Gasteiger partial charge in [-0.2, -0.15) is 4.98 Å². The van der Waals surface area contributed by atoms with Gasteiger partial charge in [0.25, 0.3) is 0 Å². The van der Waals surface area contributed by atoms with E-state index in [1.165, 1.54) is 4.88 Å². The largest absolute Gasteiger partial charge is 0.368 e. The maximum Gasteiger partial charge on any atom is 0.222 e. The lowest BCUT2D eigenvalue weighted by atomic mass is 10.2. The number of aromatic nitrogens is 6. The van der Waals surface area contributed by atoms with Crippen LogP contribution in [0.15, 0.2) is 30.0 Å². The van der Waals surface area contributed by atoms with Crippen LogP contribution in [0.2, 0.25) is 0 Å². The molecule has 7 nitrogen and oxygen atoms in total. The number of rotatable bonds is 5. The highest BCUT2D eigenvalue weighted by Gasteiger charge is 2.31. The Bertz CT molecular complexity index is 1070. The van der Waals surface area contributed by atoms with E-state index >= 15 is 0 Å². The van der Waals surface area contributed by atoms with Crippen molar-refractivity contribution < 1.29 is 0 Å². The fourth-order valence-electron chi connectivity index (χ4n) is 3.35. The molecule has 0 unspecified atom stereocenters. The molecule has 4 aromatic heterocycles. The molecule has 8 heteroatoms. The molecule has 0 spiro atoms. The van der Waals surface area contributed by atoms with Crippen molar-refractivity contribution in [2.75, 3.05) is 5.73 Å². The Balaban J connectivity index is 1.66. The van der Waals surface area contributed by atoms with E-state index in [4.69, 9.17) is 10.7 Å². The van der Waals surface area contributed by atoms with Crippen molar-refractivity contribution in [1.29, 1.82) is 0 Å². The minimum Gasteiger partial charge on any atom is -0.368 e. The third kappa shape index (κ3) is 2.57. The first-order valence-corrected chi connectivity index (χ1v) is 9.62. The average molecular weight is 365 g/mol. The fourth-order valence-corrected chi connectivity index (χ4v) is 4.06. The second-order valence-electron chi connectivity index (χ2n) is 6.71. The van der Waals surface area contributed by atoms with Gasteiger partial charge in [-0.3, -0.25) is 0 Å². The minimum atomic E-state index is 0.317. The molecule has 2 N–H and O–H groups in total. The maximum atomic E-state index is 6.04. The van der Waals surface area contributed by atoms with Crippen molar-refractivity contribution in [2.45, 2.75) is 31.7 Å². The van der Waals surface area contributed by atoms with Crippen molar-refractivity contribution in [1.82, 2.24) is 29.1 Å². The zero-order valence-electron chi connectivity index (χ0n) is 14.5. The molecule has 26 heavy (non-hydrogen) atoms. The van der Waals surface area contributed by atoms with Crippen LogP contribution < -0.4 is 5.73 Å². The molecule has 0 amide bonds. The zero-order chi connectivity index (χ0) is 17.7. The van der Waals surface area contributed by atoms with Gasteiger partial charge in [-0.15, -0.1) is 11.3 Å². The Morgan fingerprint density at radius 1 is 1.23 bits per heavy atom. The van der Waals surface area contributed by atoms with Crippen LogP contribution >= 0.6 is 11.3 Å². The normalized spacial score (nSPS) is 14.3. The molecule has 0 radical (unpaired) electrons. The number of hydrogen-bond acceptors (Lipinski definition) is 6. The Morgan fingerprint density at radius 3 is 2.81 bits per heavy atom. The van der Waals surface area contributed by atoms with Gasteiger partial charge in [0.15, 0.2) is 11.5 Å². The highest BCUT2D eigenvalue weighted by molar-refractivity contribution is 7.09. The summed E-state index contributed by atoms with van der Waals surface area (Å²) in [5.74, 6) is 1.22. The van der Waals surface area contributed by atoms with E-state index in [-0.39, 0.29) is 0 Å². The van der Waals surface area contributed by atoms with Gasteiger partial charge in [0.1, 0.15) is 11.2 Å². The molecule has 132 valence electrons. The zero-order valence-corrected chi connectivity index (χ0v) is 15.3. The van der Waals surface area contributed by atoms with Crippen LogP contribution in [0.5, 0.6) is 0 Å². The summed E-state index contributed by atoms with van der Waals surface area (Å²) in [7, 11) is 1.98. The quantitative estimate of drug-likeness (QED) is 0.587. The molecular formula is C18H19N7S. The first-order valence-electron chi connectivity index (χ1n) is 8.74. The Labute approximate surface area is 154 Å². The molecule has 4 aromatic rings.